The fourth-order valence-corrected chi connectivity index (χ4v) is 2.41. The van der Waals surface area contributed by atoms with Crippen molar-refractivity contribution in [3.05, 3.63) is 0 Å². The normalized spacial score (nSPS) is 28.5. The number of carboxylic acid groups (broad SMARTS) is 1. The van der Waals surface area contributed by atoms with Crippen molar-refractivity contribution in [1.29, 1.82) is 0 Å². The zero-order chi connectivity index (χ0) is 14.4. The van der Waals surface area contributed by atoms with Gasteiger partial charge in [0.2, 0.25) is 0 Å². The minimum absolute atomic E-state index is 0.0408. The SMILES string of the molecule is COCC(NC(=O)NC1CCC(C)C(C)C1)C(=O)O. The van der Waals surface area contributed by atoms with E-state index in [1.54, 1.807) is 0 Å². The molecule has 0 heterocycles. The lowest BCUT2D eigenvalue weighted by Crippen LogP contribution is -2.51. The first-order valence-electron chi connectivity index (χ1n) is 6.72. The third-order valence-corrected chi connectivity index (χ3v) is 3.87. The van der Waals surface area contributed by atoms with E-state index in [0.29, 0.717) is 11.8 Å². The van der Waals surface area contributed by atoms with E-state index in [2.05, 4.69) is 24.5 Å². The number of urea groups is 1. The van der Waals surface area contributed by atoms with Crippen LogP contribution in [-0.2, 0) is 9.53 Å². The van der Waals surface area contributed by atoms with Gasteiger partial charge in [0.15, 0.2) is 6.04 Å². The van der Waals surface area contributed by atoms with Crippen LogP contribution in [0.15, 0.2) is 0 Å². The molecule has 0 saturated heterocycles. The molecule has 1 saturated carbocycles. The van der Waals surface area contributed by atoms with Crippen LogP contribution in [0.2, 0.25) is 0 Å². The van der Waals surface area contributed by atoms with Crippen LogP contribution in [0, 0.1) is 11.8 Å². The van der Waals surface area contributed by atoms with Crippen molar-refractivity contribution in [3.8, 4) is 0 Å². The number of nitrogens with one attached hydrogen (secondary N) is 2. The fourth-order valence-electron chi connectivity index (χ4n) is 2.41. The number of hydrogen-bond acceptors (Lipinski definition) is 3. The lowest BCUT2D eigenvalue weighted by atomic mass is 9.79. The Morgan fingerprint density at radius 2 is 2.00 bits per heavy atom. The molecule has 0 aromatic carbocycles. The van der Waals surface area contributed by atoms with Gasteiger partial charge in [-0.2, -0.15) is 0 Å². The second kappa shape index (κ2) is 7.33. The average molecular weight is 272 g/mol. The largest absolute Gasteiger partial charge is 0.480 e. The fraction of sp³-hybridized carbons (Fsp3) is 0.846. The summed E-state index contributed by atoms with van der Waals surface area (Å²) in [5, 5.41) is 14.2. The topological polar surface area (TPSA) is 87.7 Å². The van der Waals surface area contributed by atoms with E-state index in [4.69, 9.17) is 9.84 Å². The maximum atomic E-state index is 11.7. The van der Waals surface area contributed by atoms with Crippen molar-refractivity contribution in [2.45, 2.75) is 45.2 Å². The average Bonchev–Trinajstić information content (AvgIpc) is 2.33. The Balaban J connectivity index is 2.40. The number of amides is 2. The van der Waals surface area contributed by atoms with Crippen LogP contribution in [-0.4, -0.2) is 42.9 Å². The Hall–Kier alpha value is -1.30. The van der Waals surface area contributed by atoms with Gasteiger partial charge in [-0.1, -0.05) is 13.8 Å². The molecule has 0 spiro atoms. The zero-order valence-electron chi connectivity index (χ0n) is 11.8. The van der Waals surface area contributed by atoms with Gasteiger partial charge in [0.1, 0.15) is 0 Å². The third kappa shape index (κ3) is 5.06. The minimum atomic E-state index is -1.09. The summed E-state index contributed by atoms with van der Waals surface area (Å²) in [7, 11) is 1.40. The molecule has 2 amide bonds. The van der Waals surface area contributed by atoms with Crippen LogP contribution < -0.4 is 10.6 Å². The molecule has 0 bridgehead atoms. The van der Waals surface area contributed by atoms with Gasteiger partial charge in [0.05, 0.1) is 6.61 Å². The first kappa shape index (κ1) is 15.8. The lowest BCUT2D eigenvalue weighted by molar-refractivity contribution is -0.140. The number of hydrogen-bond donors (Lipinski definition) is 3. The molecule has 1 aliphatic rings. The van der Waals surface area contributed by atoms with E-state index < -0.39 is 18.0 Å². The molecule has 1 fully saturated rings. The molecule has 110 valence electrons. The highest BCUT2D eigenvalue weighted by molar-refractivity contribution is 5.82. The Morgan fingerprint density at radius 1 is 1.32 bits per heavy atom. The van der Waals surface area contributed by atoms with Crippen LogP contribution in [0.4, 0.5) is 4.79 Å². The molecule has 6 heteroatoms. The van der Waals surface area contributed by atoms with E-state index >= 15 is 0 Å². The van der Waals surface area contributed by atoms with E-state index in [1.807, 2.05) is 0 Å². The van der Waals surface area contributed by atoms with Crippen LogP contribution in [0.3, 0.4) is 0 Å². The molecule has 0 aromatic rings. The summed E-state index contributed by atoms with van der Waals surface area (Å²) in [6.07, 6.45) is 2.98. The first-order valence-corrected chi connectivity index (χ1v) is 6.72. The monoisotopic (exact) mass is 272 g/mol. The van der Waals surface area contributed by atoms with Gasteiger partial charge in [-0.15, -0.1) is 0 Å². The van der Waals surface area contributed by atoms with Gasteiger partial charge in [-0.05, 0) is 31.1 Å². The maximum Gasteiger partial charge on any atom is 0.328 e. The molecule has 1 aliphatic carbocycles. The highest BCUT2D eigenvalue weighted by atomic mass is 16.5. The molecule has 0 aliphatic heterocycles. The molecule has 0 aromatic heterocycles. The molecule has 3 N–H and O–H groups in total. The Kier molecular flexibility index (Phi) is 6.08. The van der Waals surface area contributed by atoms with Crippen molar-refractivity contribution in [2.75, 3.05) is 13.7 Å². The van der Waals surface area contributed by atoms with Crippen LogP contribution in [0.5, 0.6) is 0 Å². The van der Waals surface area contributed by atoms with Crippen molar-refractivity contribution < 1.29 is 19.4 Å². The maximum absolute atomic E-state index is 11.7. The van der Waals surface area contributed by atoms with Crippen LogP contribution >= 0.6 is 0 Å². The van der Waals surface area contributed by atoms with Gasteiger partial charge in [0, 0.05) is 13.2 Å². The standard InChI is InChI=1S/C13H24N2O4/c1-8-4-5-10(6-9(8)2)14-13(18)15-11(7-19-3)12(16)17/h8-11H,4-7H2,1-3H3,(H,16,17)(H2,14,15,18). The molecule has 0 radical (unpaired) electrons. The number of carbonyl (C=O) groups excluding carboxylic acids is 1. The van der Waals surface area contributed by atoms with Gasteiger partial charge < -0.3 is 20.5 Å². The third-order valence-electron chi connectivity index (χ3n) is 3.87. The quantitative estimate of drug-likeness (QED) is 0.702. The highest BCUT2D eigenvalue weighted by Crippen LogP contribution is 2.29. The second-order valence-corrected chi connectivity index (χ2v) is 5.43. The predicted molar refractivity (Wildman–Crippen MR) is 70.9 cm³/mol. The summed E-state index contributed by atoms with van der Waals surface area (Å²) < 4.78 is 4.76. The summed E-state index contributed by atoms with van der Waals surface area (Å²) in [5.41, 5.74) is 0. The summed E-state index contributed by atoms with van der Waals surface area (Å²) in [6, 6.07) is -1.32. The van der Waals surface area contributed by atoms with Crippen LogP contribution in [0.25, 0.3) is 0 Å². The summed E-state index contributed by atoms with van der Waals surface area (Å²) in [6.45, 7) is 4.36. The number of rotatable bonds is 5. The Bertz CT molecular complexity index is 322. The molecule has 4 unspecified atom stereocenters. The lowest BCUT2D eigenvalue weighted by Gasteiger charge is -2.32. The zero-order valence-corrected chi connectivity index (χ0v) is 11.8. The minimum Gasteiger partial charge on any atom is -0.480 e. The number of carbonyl (C=O) groups is 2. The van der Waals surface area contributed by atoms with Crippen molar-refractivity contribution in [2.24, 2.45) is 11.8 Å². The smallest absolute Gasteiger partial charge is 0.328 e. The molecular weight excluding hydrogens is 248 g/mol. The Morgan fingerprint density at radius 3 is 2.53 bits per heavy atom. The highest BCUT2D eigenvalue weighted by Gasteiger charge is 2.27. The first-order chi connectivity index (χ1) is 8.93. The van der Waals surface area contributed by atoms with E-state index in [0.717, 1.165) is 19.3 Å². The summed E-state index contributed by atoms with van der Waals surface area (Å²) in [5.74, 6) is 0.164. The Labute approximate surface area is 113 Å². The van der Waals surface area contributed by atoms with Crippen molar-refractivity contribution >= 4 is 12.0 Å². The van der Waals surface area contributed by atoms with Gasteiger partial charge in [-0.3, -0.25) is 0 Å². The van der Waals surface area contributed by atoms with Crippen molar-refractivity contribution in [3.63, 3.8) is 0 Å². The molecule has 4 atom stereocenters. The van der Waals surface area contributed by atoms with E-state index in [9.17, 15) is 9.59 Å². The molecule has 19 heavy (non-hydrogen) atoms. The summed E-state index contributed by atoms with van der Waals surface area (Å²) >= 11 is 0. The molecule has 6 nitrogen and oxygen atoms in total. The number of carboxylic acids is 1. The van der Waals surface area contributed by atoms with E-state index in [-0.39, 0.29) is 12.6 Å². The van der Waals surface area contributed by atoms with Gasteiger partial charge in [0.25, 0.3) is 0 Å². The van der Waals surface area contributed by atoms with Gasteiger partial charge in [-0.25, -0.2) is 9.59 Å². The number of ether oxygens (including phenoxy) is 1. The second-order valence-electron chi connectivity index (χ2n) is 5.43. The van der Waals surface area contributed by atoms with Crippen LogP contribution in [0.1, 0.15) is 33.1 Å². The van der Waals surface area contributed by atoms with Crippen molar-refractivity contribution in [1.82, 2.24) is 10.6 Å². The summed E-state index contributed by atoms with van der Waals surface area (Å²) in [4.78, 5) is 22.6. The molecule has 1 rings (SSSR count). The number of aliphatic carboxylic acids is 1. The molecular formula is C13H24N2O4. The predicted octanol–water partition coefficient (Wildman–Crippen LogP) is 1.21. The van der Waals surface area contributed by atoms with Gasteiger partial charge >= 0.3 is 12.0 Å². The van der Waals surface area contributed by atoms with E-state index in [1.165, 1.54) is 7.11 Å². The number of methoxy groups -OCH3 is 1.